The van der Waals surface area contributed by atoms with Crippen LogP contribution in [0.5, 0.6) is 0 Å². The van der Waals surface area contributed by atoms with E-state index in [1.54, 1.807) is 0 Å². The zero-order chi connectivity index (χ0) is 16.4. The largest absolute Gasteiger partial charge is 0.416 e. The molecule has 0 heterocycles. The summed E-state index contributed by atoms with van der Waals surface area (Å²) in [5, 5.41) is 13.4. The number of benzene rings is 1. The van der Waals surface area contributed by atoms with Crippen molar-refractivity contribution in [1.29, 1.82) is 0 Å². The van der Waals surface area contributed by atoms with Crippen molar-refractivity contribution >= 4 is 11.7 Å². The van der Waals surface area contributed by atoms with E-state index in [0.717, 1.165) is 0 Å². The Bertz CT molecular complexity index is 582. The van der Waals surface area contributed by atoms with Gasteiger partial charge in [-0.15, -0.1) is 0 Å². The van der Waals surface area contributed by atoms with Crippen molar-refractivity contribution in [2.24, 2.45) is 10.9 Å². The lowest BCUT2D eigenvalue weighted by Crippen LogP contribution is -2.53. The highest BCUT2D eigenvalue weighted by Crippen LogP contribution is 2.30. The van der Waals surface area contributed by atoms with Crippen LogP contribution in [0, 0.1) is 5.82 Å². The van der Waals surface area contributed by atoms with E-state index >= 15 is 0 Å². The maximum absolute atomic E-state index is 13.5. The molecule has 0 radical (unpaired) electrons. The summed E-state index contributed by atoms with van der Waals surface area (Å²) in [6.45, 7) is 2.68. The van der Waals surface area contributed by atoms with Gasteiger partial charge in [0.05, 0.1) is 16.7 Å². The van der Waals surface area contributed by atoms with E-state index < -0.39 is 34.6 Å². The van der Waals surface area contributed by atoms with Crippen molar-refractivity contribution in [1.82, 2.24) is 5.32 Å². The quantitative estimate of drug-likeness (QED) is 0.263. The van der Waals surface area contributed by atoms with E-state index in [4.69, 9.17) is 10.9 Å². The fourth-order valence-electron chi connectivity index (χ4n) is 1.42. The smallest absolute Gasteiger partial charge is 0.409 e. The molecule has 0 saturated carbocycles. The molecule has 116 valence electrons. The Morgan fingerprint density at radius 2 is 1.90 bits per heavy atom. The van der Waals surface area contributed by atoms with E-state index in [1.807, 2.05) is 0 Å². The van der Waals surface area contributed by atoms with Crippen LogP contribution >= 0.6 is 0 Å². The molecule has 0 unspecified atom stereocenters. The van der Waals surface area contributed by atoms with Crippen molar-refractivity contribution < 1.29 is 27.6 Å². The number of nitrogens with one attached hydrogen (secondary N) is 1. The summed E-state index contributed by atoms with van der Waals surface area (Å²) in [6.07, 6.45) is -4.70. The van der Waals surface area contributed by atoms with Gasteiger partial charge in [0.2, 0.25) is 0 Å². The number of amidine groups is 1. The van der Waals surface area contributed by atoms with Gasteiger partial charge in [0.1, 0.15) is 5.82 Å². The zero-order valence-electron chi connectivity index (χ0n) is 11.1. The van der Waals surface area contributed by atoms with E-state index in [-0.39, 0.29) is 5.84 Å². The maximum Gasteiger partial charge on any atom is 0.416 e. The molecule has 0 spiro atoms. The Kier molecular flexibility index (Phi) is 4.45. The normalized spacial score (nSPS) is 13.1. The van der Waals surface area contributed by atoms with Crippen LogP contribution in [-0.2, 0) is 6.18 Å². The third-order valence-corrected chi connectivity index (χ3v) is 2.71. The molecule has 1 amide bonds. The van der Waals surface area contributed by atoms with Crippen LogP contribution in [0.4, 0.5) is 17.6 Å². The number of oxime groups is 1. The van der Waals surface area contributed by atoms with Crippen molar-refractivity contribution in [3.8, 4) is 0 Å². The number of alkyl halides is 3. The molecule has 0 fully saturated rings. The second kappa shape index (κ2) is 5.58. The fraction of sp³-hybridized carbons (Fsp3) is 0.333. The van der Waals surface area contributed by atoms with Crippen LogP contribution < -0.4 is 11.1 Å². The molecular formula is C12H13F4N3O2. The number of hydrogen-bond donors (Lipinski definition) is 3. The highest BCUT2D eigenvalue weighted by atomic mass is 19.4. The molecule has 0 aliphatic heterocycles. The first-order chi connectivity index (χ1) is 9.49. The topological polar surface area (TPSA) is 87.7 Å². The number of hydrogen-bond acceptors (Lipinski definition) is 3. The number of carbonyl (C=O) groups excluding carboxylic acids is 1. The number of nitrogens with zero attached hydrogens (tertiary/aromatic N) is 1. The average Bonchev–Trinajstić information content (AvgIpc) is 2.36. The molecule has 0 bridgehead atoms. The summed E-state index contributed by atoms with van der Waals surface area (Å²) < 4.78 is 51.2. The van der Waals surface area contributed by atoms with E-state index in [9.17, 15) is 22.4 Å². The molecule has 1 aromatic carbocycles. The third-order valence-electron chi connectivity index (χ3n) is 2.71. The SMILES string of the molecule is CC(C)(NC(=O)c1cc(C(F)(F)F)ccc1F)/C(N)=N/O. The fourth-order valence-corrected chi connectivity index (χ4v) is 1.42. The molecule has 1 aromatic rings. The highest BCUT2D eigenvalue weighted by Gasteiger charge is 2.33. The molecular weight excluding hydrogens is 294 g/mol. The van der Waals surface area contributed by atoms with Gasteiger partial charge in [-0.3, -0.25) is 4.79 Å². The predicted molar refractivity (Wildman–Crippen MR) is 66.4 cm³/mol. The van der Waals surface area contributed by atoms with Gasteiger partial charge in [0, 0.05) is 0 Å². The Labute approximate surface area is 117 Å². The van der Waals surface area contributed by atoms with Crippen LogP contribution in [0.2, 0.25) is 0 Å². The summed E-state index contributed by atoms with van der Waals surface area (Å²) in [4.78, 5) is 11.9. The lowest BCUT2D eigenvalue weighted by molar-refractivity contribution is -0.137. The minimum absolute atomic E-state index is 0.386. The van der Waals surface area contributed by atoms with Gasteiger partial charge in [-0.1, -0.05) is 5.16 Å². The van der Waals surface area contributed by atoms with Crippen molar-refractivity contribution in [2.45, 2.75) is 25.6 Å². The number of rotatable bonds is 3. The van der Waals surface area contributed by atoms with Gasteiger partial charge < -0.3 is 16.3 Å². The number of nitrogens with two attached hydrogens (primary N) is 1. The number of amides is 1. The Balaban J connectivity index is 3.14. The minimum atomic E-state index is -4.70. The minimum Gasteiger partial charge on any atom is -0.409 e. The second-order valence-electron chi connectivity index (χ2n) is 4.76. The molecule has 4 N–H and O–H groups in total. The van der Waals surface area contributed by atoms with Gasteiger partial charge in [-0.05, 0) is 32.0 Å². The second-order valence-corrected chi connectivity index (χ2v) is 4.76. The summed E-state index contributed by atoms with van der Waals surface area (Å²) in [5.41, 5.74) is 2.01. The molecule has 0 aliphatic rings. The predicted octanol–water partition coefficient (Wildman–Crippen LogP) is 2.10. The molecule has 5 nitrogen and oxygen atoms in total. The van der Waals surface area contributed by atoms with E-state index in [0.29, 0.717) is 18.2 Å². The van der Waals surface area contributed by atoms with E-state index in [1.165, 1.54) is 13.8 Å². The lowest BCUT2D eigenvalue weighted by atomic mass is 10.0. The van der Waals surface area contributed by atoms with Crippen LogP contribution in [0.25, 0.3) is 0 Å². The maximum atomic E-state index is 13.5. The molecule has 1 rings (SSSR count). The zero-order valence-corrected chi connectivity index (χ0v) is 11.1. The monoisotopic (exact) mass is 307 g/mol. The first-order valence-corrected chi connectivity index (χ1v) is 5.66. The van der Waals surface area contributed by atoms with Crippen molar-refractivity contribution in [3.63, 3.8) is 0 Å². The van der Waals surface area contributed by atoms with Crippen molar-refractivity contribution in [2.75, 3.05) is 0 Å². The molecule has 9 heteroatoms. The average molecular weight is 307 g/mol. The molecule has 0 aromatic heterocycles. The first-order valence-electron chi connectivity index (χ1n) is 5.66. The van der Waals surface area contributed by atoms with Crippen LogP contribution in [0.15, 0.2) is 23.4 Å². The molecule has 0 aliphatic carbocycles. The first kappa shape index (κ1) is 16.7. The number of carbonyl (C=O) groups is 1. The van der Waals surface area contributed by atoms with Crippen LogP contribution in [0.3, 0.4) is 0 Å². The van der Waals surface area contributed by atoms with Gasteiger partial charge in [0.15, 0.2) is 5.84 Å². The van der Waals surface area contributed by atoms with Gasteiger partial charge >= 0.3 is 6.18 Å². The molecule has 0 saturated heterocycles. The van der Waals surface area contributed by atoms with Crippen LogP contribution in [-0.4, -0.2) is 22.5 Å². The Morgan fingerprint density at radius 3 is 2.38 bits per heavy atom. The summed E-state index contributed by atoms with van der Waals surface area (Å²) in [7, 11) is 0. The highest BCUT2D eigenvalue weighted by molar-refractivity contribution is 6.00. The lowest BCUT2D eigenvalue weighted by Gasteiger charge is -2.24. The third kappa shape index (κ3) is 3.83. The van der Waals surface area contributed by atoms with Crippen LogP contribution in [0.1, 0.15) is 29.8 Å². The molecule has 0 atom stereocenters. The van der Waals surface area contributed by atoms with Crippen molar-refractivity contribution in [3.05, 3.63) is 35.1 Å². The van der Waals surface area contributed by atoms with Gasteiger partial charge in [0.25, 0.3) is 5.91 Å². The van der Waals surface area contributed by atoms with Gasteiger partial charge in [-0.25, -0.2) is 4.39 Å². The number of halogens is 4. The molecule has 21 heavy (non-hydrogen) atoms. The summed E-state index contributed by atoms with van der Waals surface area (Å²) >= 11 is 0. The Hall–Kier alpha value is -2.32. The van der Waals surface area contributed by atoms with E-state index in [2.05, 4.69) is 10.5 Å². The standard InChI is InChI=1S/C12H13F4N3O2/c1-11(2,10(17)19-21)18-9(20)7-5-6(12(14,15)16)3-4-8(7)13/h3-5,21H,1-2H3,(H2,17,19)(H,18,20). The Morgan fingerprint density at radius 1 is 1.33 bits per heavy atom. The van der Waals surface area contributed by atoms with Gasteiger partial charge in [-0.2, -0.15) is 13.2 Å². The summed E-state index contributed by atoms with van der Waals surface area (Å²) in [6, 6.07) is 1.47. The summed E-state index contributed by atoms with van der Waals surface area (Å²) in [5.74, 6) is -2.62.